The molecule has 3 aromatic heterocycles. The molecule has 0 radical (unpaired) electrons. The van der Waals surface area contributed by atoms with Crippen LogP contribution in [0.1, 0.15) is 0 Å². The average Bonchev–Trinajstić information content (AvgIpc) is 3.98. The molecule has 0 aliphatic heterocycles. The molecule has 282 valence electrons. The minimum atomic E-state index is -2.83. The average molecular weight is 783 g/mol. The second-order valence-electron chi connectivity index (χ2n) is 15.6. The molecule has 0 saturated heterocycles. The van der Waals surface area contributed by atoms with Crippen LogP contribution in [-0.4, -0.2) is 17.2 Å². The number of hydrogen-bond acceptors (Lipinski definition) is 1. The highest BCUT2D eigenvalue weighted by molar-refractivity contribution is 7.19. The Labute approximate surface area is 348 Å². The normalized spacial score (nSPS) is 12.0. The van der Waals surface area contributed by atoms with E-state index < -0.39 is 8.07 Å². The predicted octanol–water partition coefficient (Wildman–Crippen LogP) is 11.7. The quantitative estimate of drug-likeness (QED) is 0.117. The van der Waals surface area contributed by atoms with E-state index in [2.05, 4.69) is 234 Å². The second kappa shape index (κ2) is 13.7. The van der Waals surface area contributed by atoms with Crippen molar-refractivity contribution in [1.29, 1.82) is 0 Å². The van der Waals surface area contributed by atoms with Crippen molar-refractivity contribution < 1.29 is 4.42 Å². The molecule has 0 fully saturated rings. The van der Waals surface area contributed by atoms with Crippen molar-refractivity contribution >= 4 is 83.6 Å². The number of furan rings is 1. The number of benzene rings is 9. The van der Waals surface area contributed by atoms with E-state index >= 15 is 0 Å². The van der Waals surface area contributed by atoms with Gasteiger partial charge >= 0.3 is 0 Å². The molecular weight excluding hydrogens is 745 g/mol. The highest BCUT2D eigenvalue weighted by Gasteiger charge is 2.41. The first kappa shape index (κ1) is 34.4. The zero-order chi connectivity index (χ0) is 39.6. The minimum absolute atomic E-state index is 0.866. The third-order valence-corrected chi connectivity index (χ3v) is 17.3. The maximum atomic E-state index is 6.67. The number of para-hydroxylation sites is 4. The fourth-order valence-corrected chi connectivity index (χ4v) is 14.7. The summed E-state index contributed by atoms with van der Waals surface area (Å²) >= 11 is 0. The summed E-state index contributed by atoms with van der Waals surface area (Å²) in [4.78, 5) is 0. The van der Waals surface area contributed by atoms with Crippen molar-refractivity contribution in [3.05, 3.63) is 231 Å². The van der Waals surface area contributed by atoms with Gasteiger partial charge in [-0.05, 0) is 80.4 Å². The van der Waals surface area contributed by atoms with Crippen molar-refractivity contribution in [3.8, 4) is 22.5 Å². The van der Waals surface area contributed by atoms with Crippen LogP contribution in [0.4, 0.5) is 0 Å². The summed E-state index contributed by atoms with van der Waals surface area (Å²) in [6.45, 7) is 0. The fraction of sp³-hybridized carbons (Fsp3) is 0. The summed E-state index contributed by atoms with van der Waals surface area (Å²) in [7, 11) is -2.83. The molecule has 0 aliphatic rings. The van der Waals surface area contributed by atoms with E-state index in [9.17, 15) is 0 Å². The van der Waals surface area contributed by atoms with Gasteiger partial charge in [-0.15, -0.1) is 0 Å². The lowest BCUT2D eigenvalue weighted by molar-refractivity contribution is 0.645. The maximum absolute atomic E-state index is 6.67. The third kappa shape index (κ3) is 5.08. The van der Waals surface area contributed by atoms with Crippen LogP contribution < -0.4 is 20.7 Å². The van der Waals surface area contributed by atoms with Crippen LogP contribution in [0, 0.1) is 0 Å². The largest absolute Gasteiger partial charge is 0.439 e. The SMILES string of the molecule is c1ccc(-n2c3cccc(-c4ccc([Si](c5ccccc5)(c5ccccc5)c5ccc(-n6c7ccccc7c7ccccc76)cc5)cc4)c3c3c4ccccc4oc32)cc1. The van der Waals surface area contributed by atoms with Gasteiger partial charge in [0.15, 0.2) is 8.07 Å². The van der Waals surface area contributed by atoms with Crippen LogP contribution in [-0.2, 0) is 0 Å². The lowest BCUT2D eigenvalue weighted by atomic mass is 9.99. The molecule has 0 spiro atoms. The van der Waals surface area contributed by atoms with E-state index in [0.29, 0.717) is 0 Å². The molecular formula is C56H38N2OSi. The molecule has 3 heterocycles. The second-order valence-corrected chi connectivity index (χ2v) is 19.4. The van der Waals surface area contributed by atoms with Crippen LogP contribution >= 0.6 is 0 Å². The first-order valence-corrected chi connectivity index (χ1v) is 22.6. The molecule has 0 bridgehead atoms. The van der Waals surface area contributed by atoms with Gasteiger partial charge in [-0.25, -0.2) is 0 Å². The molecule has 0 atom stereocenters. The Balaban J connectivity index is 1.06. The standard InChI is InChI=1S/C56H38N2OSi/c1-4-17-40(18-5-1)58-52-29-16-26-46(54(52)55-49-25-12-15-30-53(49)59-56(55)58)39-31-35-44(36-32-39)60(42-19-6-2-7-20-42,43-21-8-3-9-22-43)45-37-33-41(34-38-45)57-50-27-13-10-23-47(50)48-24-11-14-28-51(48)57/h1-38H. The van der Waals surface area contributed by atoms with Gasteiger partial charge in [-0.2, -0.15) is 0 Å². The van der Waals surface area contributed by atoms with E-state index in [1.54, 1.807) is 0 Å². The maximum Gasteiger partial charge on any atom is 0.213 e. The molecule has 0 N–H and O–H groups in total. The summed E-state index contributed by atoms with van der Waals surface area (Å²) < 4.78 is 11.3. The lowest BCUT2D eigenvalue weighted by Gasteiger charge is -2.34. The van der Waals surface area contributed by atoms with Crippen LogP contribution in [0.2, 0.25) is 0 Å². The molecule has 0 saturated carbocycles. The van der Waals surface area contributed by atoms with E-state index in [1.807, 2.05) is 6.07 Å². The Morgan fingerprint density at radius 3 is 1.40 bits per heavy atom. The first-order chi connectivity index (χ1) is 29.8. The van der Waals surface area contributed by atoms with E-state index in [4.69, 9.17) is 4.42 Å². The van der Waals surface area contributed by atoms with E-state index in [1.165, 1.54) is 59.1 Å². The van der Waals surface area contributed by atoms with Gasteiger partial charge < -0.3 is 8.98 Å². The van der Waals surface area contributed by atoms with Crippen LogP contribution in [0.25, 0.3) is 77.3 Å². The number of aromatic nitrogens is 2. The molecule has 9 aromatic carbocycles. The zero-order valence-corrected chi connectivity index (χ0v) is 33.7. The highest BCUT2D eigenvalue weighted by Crippen LogP contribution is 2.43. The Bertz CT molecular complexity index is 3420. The van der Waals surface area contributed by atoms with Gasteiger partial charge in [0.05, 0.1) is 21.9 Å². The number of hydrogen-bond donors (Lipinski definition) is 0. The van der Waals surface area contributed by atoms with Crippen LogP contribution in [0.15, 0.2) is 235 Å². The molecule has 12 aromatic rings. The van der Waals surface area contributed by atoms with Gasteiger partial charge in [-0.3, -0.25) is 4.57 Å². The molecule has 0 aliphatic carbocycles. The monoisotopic (exact) mass is 782 g/mol. The summed E-state index contributed by atoms with van der Waals surface area (Å²) in [5.74, 6) is 0. The summed E-state index contributed by atoms with van der Waals surface area (Å²) in [5.41, 5.74) is 9.91. The highest BCUT2D eigenvalue weighted by atomic mass is 28.3. The topological polar surface area (TPSA) is 23.0 Å². The third-order valence-electron chi connectivity index (χ3n) is 12.5. The smallest absolute Gasteiger partial charge is 0.213 e. The Hall–Kier alpha value is -7.66. The Morgan fingerprint density at radius 1 is 0.317 bits per heavy atom. The van der Waals surface area contributed by atoms with E-state index in [-0.39, 0.29) is 0 Å². The van der Waals surface area contributed by atoms with E-state index in [0.717, 1.165) is 39.0 Å². The van der Waals surface area contributed by atoms with Crippen molar-refractivity contribution in [2.24, 2.45) is 0 Å². The first-order valence-electron chi connectivity index (χ1n) is 20.6. The Kier molecular flexibility index (Phi) is 7.87. The number of rotatable bonds is 7. The van der Waals surface area contributed by atoms with Crippen molar-refractivity contribution in [1.82, 2.24) is 9.13 Å². The van der Waals surface area contributed by atoms with Crippen LogP contribution in [0.5, 0.6) is 0 Å². The fourth-order valence-electron chi connectivity index (χ4n) is 9.94. The van der Waals surface area contributed by atoms with Gasteiger partial charge in [0.25, 0.3) is 0 Å². The number of nitrogens with zero attached hydrogens (tertiary/aromatic N) is 2. The van der Waals surface area contributed by atoms with Gasteiger partial charge in [-0.1, -0.05) is 182 Å². The molecule has 3 nitrogen and oxygen atoms in total. The number of fused-ring (bicyclic) bond motifs is 8. The van der Waals surface area contributed by atoms with Crippen LogP contribution in [0.3, 0.4) is 0 Å². The summed E-state index contributed by atoms with van der Waals surface area (Å²) in [5, 5.41) is 11.4. The minimum Gasteiger partial charge on any atom is -0.439 e. The predicted molar refractivity (Wildman–Crippen MR) is 254 cm³/mol. The Morgan fingerprint density at radius 2 is 0.783 bits per heavy atom. The zero-order valence-electron chi connectivity index (χ0n) is 32.7. The van der Waals surface area contributed by atoms with Crippen molar-refractivity contribution in [3.63, 3.8) is 0 Å². The van der Waals surface area contributed by atoms with Gasteiger partial charge in [0.2, 0.25) is 5.71 Å². The summed E-state index contributed by atoms with van der Waals surface area (Å²) in [6.07, 6.45) is 0. The van der Waals surface area contributed by atoms with Gasteiger partial charge in [0, 0.05) is 32.9 Å². The van der Waals surface area contributed by atoms with Crippen molar-refractivity contribution in [2.45, 2.75) is 0 Å². The van der Waals surface area contributed by atoms with Gasteiger partial charge in [0.1, 0.15) is 5.58 Å². The summed E-state index contributed by atoms with van der Waals surface area (Å²) in [6, 6.07) is 84.4. The van der Waals surface area contributed by atoms with Crippen molar-refractivity contribution in [2.75, 3.05) is 0 Å². The lowest BCUT2D eigenvalue weighted by Crippen LogP contribution is -2.74. The molecule has 60 heavy (non-hydrogen) atoms. The molecule has 12 rings (SSSR count). The molecule has 0 amide bonds. The molecule has 0 unspecified atom stereocenters. The molecule has 4 heteroatoms.